The lowest BCUT2D eigenvalue weighted by Crippen LogP contribution is -2.40. The SMILES string of the molecule is CCn1cc(O)n(C(CC)(CC)CCCCOCCCCC(CC)(CC)CO)c1=O. The van der Waals surface area contributed by atoms with Crippen molar-refractivity contribution in [3.63, 3.8) is 0 Å². The van der Waals surface area contributed by atoms with E-state index >= 15 is 0 Å². The van der Waals surface area contributed by atoms with Crippen LogP contribution in [0.3, 0.4) is 0 Å². The Bertz CT molecular complexity index is 634. The van der Waals surface area contributed by atoms with E-state index < -0.39 is 0 Å². The number of aliphatic hydroxyl groups excluding tert-OH is 1. The summed E-state index contributed by atoms with van der Waals surface area (Å²) < 4.78 is 9.00. The molecule has 1 aromatic heterocycles. The monoisotopic (exact) mass is 426 g/mol. The molecule has 1 aromatic rings. The highest BCUT2D eigenvalue weighted by atomic mass is 16.5. The Kier molecular flexibility index (Phi) is 11.8. The van der Waals surface area contributed by atoms with Gasteiger partial charge in [-0.1, -0.05) is 34.1 Å². The number of ether oxygens (including phenoxy) is 1. The molecule has 30 heavy (non-hydrogen) atoms. The Morgan fingerprint density at radius 2 is 1.47 bits per heavy atom. The maximum Gasteiger partial charge on any atom is 0.331 e. The van der Waals surface area contributed by atoms with Crippen molar-refractivity contribution in [3.8, 4) is 5.88 Å². The fourth-order valence-electron chi connectivity index (χ4n) is 4.55. The highest BCUT2D eigenvalue weighted by Crippen LogP contribution is 2.34. The molecule has 0 fully saturated rings. The molecule has 1 heterocycles. The third kappa shape index (κ3) is 6.61. The number of unbranched alkanes of at least 4 members (excludes halogenated alkanes) is 2. The van der Waals surface area contributed by atoms with Crippen LogP contribution in [0.2, 0.25) is 0 Å². The van der Waals surface area contributed by atoms with Gasteiger partial charge >= 0.3 is 5.69 Å². The molecule has 0 saturated heterocycles. The van der Waals surface area contributed by atoms with E-state index in [9.17, 15) is 15.0 Å². The number of aromatic nitrogens is 2. The fourth-order valence-corrected chi connectivity index (χ4v) is 4.55. The first-order valence-corrected chi connectivity index (χ1v) is 12.1. The highest BCUT2D eigenvalue weighted by molar-refractivity contribution is 5.10. The summed E-state index contributed by atoms with van der Waals surface area (Å²) in [5.74, 6) is 0.0694. The predicted octanol–water partition coefficient (Wildman–Crippen LogP) is 5.05. The molecule has 0 aliphatic heterocycles. The van der Waals surface area contributed by atoms with Crippen molar-refractivity contribution in [2.45, 2.75) is 111 Å². The molecule has 0 radical (unpaired) electrons. The molecule has 6 heteroatoms. The molecule has 2 N–H and O–H groups in total. The van der Waals surface area contributed by atoms with E-state index in [4.69, 9.17) is 4.74 Å². The van der Waals surface area contributed by atoms with Gasteiger partial charge in [0.2, 0.25) is 5.88 Å². The summed E-state index contributed by atoms with van der Waals surface area (Å²) in [6.07, 6.45) is 11.2. The zero-order valence-corrected chi connectivity index (χ0v) is 20.1. The second kappa shape index (κ2) is 13.2. The number of rotatable bonds is 17. The van der Waals surface area contributed by atoms with Crippen molar-refractivity contribution in [1.29, 1.82) is 0 Å². The second-order valence-corrected chi connectivity index (χ2v) is 8.71. The topological polar surface area (TPSA) is 76.6 Å². The third-order valence-electron chi connectivity index (χ3n) is 7.33. The van der Waals surface area contributed by atoms with Crippen LogP contribution in [-0.4, -0.2) is 39.2 Å². The quantitative estimate of drug-likeness (QED) is 0.342. The number of imidazole rings is 1. The van der Waals surface area contributed by atoms with E-state index in [2.05, 4.69) is 27.7 Å². The van der Waals surface area contributed by atoms with Gasteiger partial charge in [-0.25, -0.2) is 4.79 Å². The molecule has 0 bridgehead atoms. The molecule has 1 rings (SSSR count). The zero-order chi connectivity index (χ0) is 22.6. The Morgan fingerprint density at radius 3 is 1.90 bits per heavy atom. The van der Waals surface area contributed by atoms with E-state index in [0.29, 0.717) is 6.54 Å². The van der Waals surface area contributed by atoms with E-state index in [1.54, 1.807) is 15.3 Å². The lowest BCUT2D eigenvalue weighted by Gasteiger charge is -2.33. The molecule has 0 aliphatic rings. The molecular formula is C24H46N2O4. The van der Waals surface area contributed by atoms with Crippen molar-refractivity contribution in [2.24, 2.45) is 5.41 Å². The summed E-state index contributed by atoms with van der Waals surface area (Å²) in [6.45, 7) is 12.7. The molecule has 176 valence electrons. The summed E-state index contributed by atoms with van der Waals surface area (Å²) in [5, 5.41) is 20.0. The van der Waals surface area contributed by atoms with Crippen LogP contribution in [0.4, 0.5) is 0 Å². The summed E-state index contributed by atoms with van der Waals surface area (Å²) in [6, 6.07) is 0. The van der Waals surface area contributed by atoms with Crippen LogP contribution in [0, 0.1) is 5.41 Å². The second-order valence-electron chi connectivity index (χ2n) is 8.71. The average molecular weight is 427 g/mol. The lowest BCUT2D eigenvalue weighted by atomic mass is 9.79. The van der Waals surface area contributed by atoms with Crippen molar-refractivity contribution >= 4 is 0 Å². The van der Waals surface area contributed by atoms with Crippen LogP contribution in [0.5, 0.6) is 5.88 Å². The molecule has 0 aromatic carbocycles. The Balaban J connectivity index is 2.41. The molecule has 0 saturated carbocycles. The molecule has 0 atom stereocenters. The largest absolute Gasteiger partial charge is 0.493 e. The van der Waals surface area contributed by atoms with Gasteiger partial charge in [0.1, 0.15) is 0 Å². The number of hydrogen-bond acceptors (Lipinski definition) is 4. The van der Waals surface area contributed by atoms with Gasteiger partial charge in [0.15, 0.2) is 0 Å². The number of hydrogen-bond donors (Lipinski definition) is 2. The van der Waals surface area contributed by atoms with Crippen LogP contribution in [0.15, 0.2) is 11.0 Å². The highest BCUT2D eigenvalue weighted by Gasteiger charge is 2.32. The maximum atomic E-state index is 12.7. The van der Waals surface area contributed by atoms with E-state index in [0.717, 1.165) is 77.4 Å². The van der Waals surface area contributed by atoms with E-state index in [-0.39, 0.29) is 29.1 Å². The van der Waals surface area contributed by atoms with E-state index in [1.807, 2.05) is 6.92 Å². The number of aliphatic hydroxyl groups is 1. The summed E-state index contributed by atoms with van der Waals surface area (Å²) in [5.41, 5.74) is -0.368. The minimum Gasteiger partial charge on any atom is -0.493 e. The number of aromatic hydroxyl groups is 1. The first-order valence-electron chi connectivity index (χ1n) is 12.1. The van der Waals surface area contributed by atoms with Gasteiger partial charge in [-0.3, -0.25) is 9.13 Å². The van der Waals surface area contributed by atoms with Crippen LogP contribution < -0.4 is 5.69 Å². The average Bonchev–Trinajstić information content (AvgIpc) is 3.07. The van der Waals surface area contributed by atoms with Crippen LogP contribution in [0.25, 0.3) is 0 Å². The first kappa shape index (κ1) is 26.8. The van der Waals surface area contributed by atoms with Gasteiger partial charge in [-0.15, -0.1) is 0 Å². The normalized spacial score (nSPS) is 12.6. The van der Waals surface area contributed by atoms with E-state index in [1.165, 1.54) is 0 Å². The molecule has 0 spiro atoms. The maximum absolute atomic E-state index is 12.7. The van der Waals surface area contributed by atoms with Crippen LogP contribution in [0.1, 0.15) is 98.8 Å². The van der Waals surface area contributed by atoms with Crippen molar-refractivity contribution in [1.82, 2.24) is 9.13 Å². The number of nitrogens with zero attached hydrogens (tertiary/aromatic N) is 2. The van der Waals surface area contributed by atoms with Gasteiger partial charge in [-0.05, 0) is 70.1 Å². The van der Waals surface area contributed by atoms with Crippen LogP contribution in [-0.2, 0) is 16.8 Å². The predicted molar refractivity (Wildman–Crippen MR) is 123 cm³/mol. The number of aryl methyl sites for hydroxylation is 1. The molecule has 0 aliphatic carbocycles. The molecular weight excluding hydrogens is 380 g/mol. The van der Waals surface area contributed by atoms with Gasteiger partial charge < -0.3 is 14.9 Å². The fraction of sp³-hybridized carbons (Fsp3) is 0.875. The summed E-state index contributed by atoms with van der Waals surface area (Å²) in [7, 11) is 0. The van der Waals surface area contributed by atoms with Gasteiger partial charge in [0.25, 0.3) is 0 Å². The Hall–Kier alpha value is -1.27. The molecule has 6 nitrogen and oxygen atoms in total. The molecule has 0 amide bonds. The van der Waals surface area contributed by atoms with Gasteiger partial charge in [0.05, 0.1) is 11.7 Å². The Labute approximate surface area is 183 Å². The van der Waals surface area contributed by atoms with Crippen molar-refractivity contribution in [2.75, 3.05) is 19.8 Å². The van der Waals surface area contributed by atoms with Crippen molar-refractivity contribution in [3.05, 3.63) is 16.7 Å². The summed E-state index contributed by atoms with van der Waals surface area (Å²) in [4.78, 5) is 12.7. The lowest BCUT2D eigenvalue weighted by molar-refractivity contribution is 0.0901. The third-order valence-corrected chi connectivity index (χ3v) is 7.33. The molecule has 0 unspecified atom stereocenters. The first-order chi connectivity index (χ1) is 14.4. The zero-order valence-electron chi connectivity index (χ0n) is 20.1. The smallest absolute Gasteiger partial charge is 0.331 e. The standard InChI is InChI=1S/C24H46N2O4/c1-6-23(7-2,20-27)15-11-13-17-30-18-14-12-16-24(8-3,9-4)26-21(28)19-25(10-5)22(26)29/h19,27-28H,6-18,20H2,1-5H3. The minimum atomic E-state index is -0.338. The van der Waals surface area contributed by atoms with Gasteiger partial charge in [0, 0.05) is 26.4 Å². The minimum absolute atomic E-state index is 0.0694. The van der Waals surface area contributed by atoms with Gasteiger partial charge in [-0.2, -0.15) is 0 Å². The Morgan fingerprint density at radius 1 is 0.900 bits per heavy atom. The summed E-state index contributed by atoms with van der Waals surface area (Å²) >= 11 is 0. The van der Waals surface area contributed by atoms with Crippen molar-refractivity contribution < 1.29 is 14.9 Å². The van der Waals surface area contributed by atoms with Crippen LogP contribution >= 0.6 is 0 Å².